The number of aryl methyl sites for hydroxylation is 1. The van der Waals surface area contributed by atoms with Crippen LogP contribution in [0.5, 0.6) is 0 Å². The first-order chi connectivity index (χ1) is 7.95. The van der Waals surface area contributed by atoms with Crippen LogP contribution in [0, 0.1) is 12.8 Å². The van der Waals surface area contributed by atoms with Gasteiger partial charge in [0.05, 0.1) is 7.11 Å². The van der Waals surface area contributed by atoms with Crippen molar-refractivity contribution in [3.63, 3.8) is 0 Å². The maximum atomic E-state index is 11.8. The molecule has 1 N–H and O–H groups in total. The topological polar surface area (TPSA) is 81.4 Å². The quantitative estimate of drug-likeness (QED) is 0.791. The van der Waals surface area contributed by atoms with E-state index in [1.165, 1.54) is 13.2 Å². The molecule has 1 amide bonds. The van der Waals surface area contributed by atoms with Crippen molar-refractivity contribution in [1.29, 1.82) is 0 Å². The van der Waals surface area contributed by atoms with Crippen molar-refractivity contribution >= 4 is 11.9 Å². The van der Waals surface area contributed by atoms with E-state index >= 15 is 0 Å². The third kappa shape index (κ3) is 3.30. The summed E-state index contributed by atoms with van der Waals surface area (Å²) >= 11 is 0. The van der Waals surface area contributed by atoms with Crippen LogP contribution in [-0.2, 0) is 9.53 Å². The average Bonchev–Trinajstić information content (AvgIpc) is 2.71. The molecule has 0 unspecified atom stereocenters. The number of hydrogen-bond acceptors (Lipinski definition) is 5. The molecule has 0 spiro atoms. The summed E-state index contributed by atoms with van der Waals surface area (Å²) in [6.07, 6.45) is 0. The first-order valence-corrected chi connectivity index (χ1v) is 5.27. The van der Waals surface area contributed by atoms with E-state index in [9.17, 15) is 9.59 Å². The number of rotatable bonds is 4. The molecule has 6 heteroatoms. The smallest absolute Gasteiger partial charge is 0.328 e. The average molecular weight is 240 g/mol. The standard InChI is InChI=1S/C11H16N2O4/c1-6(2)9(11(15)16-4)12-10(14)8-5-7(3)17-13-8/h5-6,9H,1-4H3,(H,12,14)/t9-/m0/s1. The van der Waals surface area contributed by atoms with Gasteiger partial charge in [0.1, 0.15) is 11.8 Å². The zero-order valence-corrected chi connectivity index (χ0v) is 10.3. The summed E-state index contributed by atoms with van der Waals surface area (Å²) in [6.45, 7) is 5.32. The van der Waals surface area contributed by atoms with Crippen molar-refractivity contribution < 1.29 is 18.8 Å². The fourth-order valence-electron chi connectivity index (χ4n) is 1.31. The summed E-state index contributed by atoms with van der Waals surface area (Å²) in [7, 11) is 1.28. The summed E-state index contributed by atoms with van der Waals surface area (Å²) in [5, 5.41) is 6.13. The van der Waals surface area contributed by atoms with Crippen LogP contribution in [0.15, 0.2) is 10.6 Å². The van der Waals surface area contributed by atoms with Gasteiger partial charge in [-0.05, 0) is 12.8 Å². The molecule has 6 nitrogen and oxygen atoms in total. The van der Waals surface area contributed by atoms with Gasteiger partial charge in [-0.1, -0.05) is 19.0 Å². The fourth-order valence-corrected chi connectivity index (χ4v) is 1.31. The molecule has 1 aromatic heterocycles. The Hall–Kier alpha value is -1.85. The Balaban J connectivity index is 2.74. The molecule has 1 aromatic rings. The third-order valence-electron chi connectivity index (χ3n) is 2.27. The van der Waals surface area contributed by atoms with Gasteiger partial charge in [-0.25, -0.2) is 4.79 Å². The van der Waals surface area contributed by atoms with Crippen molar-refractivity contribution in [3.05, 3.63) is 17.5 Å². The Kier molecular flexibility index (Phi) is 4.25. The van der Waals surface area contributed by atoms with E-state index in [1.807, 2.05) is 13.8 Å². The lowest BCUT2D eigenvalue weighted by atomic mass is 10.0. The predicted molar refractivity (Wildman–Crippen MR) is 59.3 cm³/mol. The Labute approximate surface area is 99.3 Å². The van der Waals surface area contributed by atoms with Gasteiger partial charge in [0, 0.05) is 6.07 Å². The van der Waals surface area contributed by atoms with Crippen LogP contribution in [-0.4, -0.2) is 30.2 Å². The first-order valence-electron chi connectivity index (χ1n) is 5.27. The lowest BCUT2D eigenvalue weighted by Crippen LogP contribution is -2.45. The molecule has 0 radical (unpaired) electrons. The van der Waals surface area contributed by atoms with E-state index in [2.05, 4.69) is 15.2 Å². The Morgan fingerprint density at radius 1 is 1.47 bits per heavy atom. The summed E-state index contributed by atoms with van der Waals surface area (Å²) in [5.74, 6) is -0.465. The minimum absolute atomic E-state index is 0.0700. The highest BCUT2D eigenvalue weighted by Crippen LogP contribution is 2.06. The molecule has 0 aliphatic carbocycles. The molecule has 0 fully saturated rings. The van der Waals surface area contributed by atoms with Crippen LogP contribution >= 0.6 is 0 Å². The van der Waals surface area contributed by atoms with Crippen molar-refractivity contribution in [3.8, 4) is 0 Å². The first kappa shape index (κ1) is 13.2. The summed E-state index contributed by atoms with van der Waals surface area (Å²) in [6, 6.07) is 0.814. The van der Waals surface area contributed by atoms with E-state index in [0.717, 1.165) is 0 Å². The molecule has 1 rings (SSSR count). The number of nitrogens with one attached hydrogen (secondary N) is 1. The molecule has 1 heterocycles. The highest BCUT2D eigenvalue weighted by Gasteiger charge is 2.26. The van der Waals surface area contributed by atoms with E-state index in [4.69, 9.17) is 4.52 Å². The number of hydrogen-bond donors (Lipinski definition) is 1. The van der Waals surface area contributed by atoms with Crippen LogP contribution in [0.25, 0.3) is 0 Å². The molecular formula is C11H16N2O4. The maximum Gasteiger partial charge on any atom is 0.328 e. The lowest BCUT2D eigenvalue weighted by Gasteiger charge is -2.18. The van der Waals surface area contributed by atoms with E-state index in [0.29, 0.717) is 5.76 Å². The minimum atomic E-state index is -0.690. The Morgan fingerprint density at radius 3 is 2.53 bits per heavy atom. The maximum absolute atomic E-state index is 11.8. The van der Waals surface area contributed by atoms with Crippen LogP contribution in [0.2, 0.25) is 0 Å². The van der Waals surface area contributed by atoms with Gasteiger partial charge in [-0.2, -0.15) is 0 Å². The van der Waals surface area contributed by atoms with Gasteiger partial charge in [0.25, 0.3) is 5.91 Å². The predicted octanol–water partition coefficient (Wildman–Crippen LogP) is 0.910. The fraction of sp³-hybridized carbons (Fsp3) is 0.545. The molecule has 0 aromatic carbocycles. The van der Waals surface area contributed by atoms with Crippen LogP contribution < -0.4 is 5.32 Å². The second-order valence-corrected chi connectivity index (χ2v) is 4.04. The normalized spacial score (nSPS) is 12.3. The number of nitrogens with zero attached hydrogens (tertiary/aromatic N) is 1. The number of aromatic nitrogens is 1. The van der Waals surface area contributed by atoms with Crippen LogP contribution in [0.3, 0.4) is 0 Å². The zero-order chi connectivity index (χ0) is 13.0. The number of methoxy groups -OCH3 is 1. The highest BCUT2D eigenvalue weighted by atomic mass is 16.5. The number of carbonyl (C=O) groups is 2. The van der Waals surface area contributed by atoms with E-state index in [1.54, 1.807) is 6.92 Å². The van der Waals surface area contributed by atoms with Crippen molar-refractivity contribution in [2.45, 2.75) is 26.8 Å². The highest BCUT2D eigenvalue weighted by molar-refractivity contribution is 5.95. The molecule has 1 atom stereocenters. The third-order valence-corrected chi connectivity index (χ3v) is 2.27. The monoisotopic (exact) mass is 240 g/mol. The lowest BCUT2D eigenvalue weighted by molar-refractivity contribution is -0.144. The second-order valence-electron chi connectivity index (χ2n) is 4.04. The number of esters is 1. The molecular weight excluding hydrogens is 224 g/mol. The molecule has 0 saturated carbocycles. The van der Waals surface area contributed by atoms with Crippen molar-refractivity contribution in [2.75, 3.05) is 7.11 Å². The Bertz CT molecular complexity index is 411. The molecule has 94 valence electrons. The number of carbonyl (C=O) groups excluding carboxylic acids is 2. The Morgan fingerprint density at radius 2 is 2.12 bits per heavy atom. The number of amides is 1. The second kappa shape index (κ2) is 5.47. The van der Waals surface area contributed by atoms with Crippen LogP contribution in [0.1, 0.15) is 30.1 Å². The minimum Gasteiger partial charge on any atom is -0.467 e. The van der Waals surface area contributed by atoms with Gasteiger partial charge in [-0.15, -0.1) is 0 Å². The van der Waals surface area contributed by atoms with Gasteiger partial charge < -0.3 is 14.6 Å². The van der Waals surface area contributed by atoms with Crippen molar-refractivity contribution in [1.82, 2.24) is 10.5 Å². The molecule has 0 aliphatic heterocycles. The van der Waals surface area contributed by atoms with E-state index < -0.39 is 17.9 Å². The molecule has 0 bridgehead atoms. The summed E-state index contributed by atoms with van der Waals surface area (Å²) in [5.41, 5.74) is 0.150. The van der Waals surface area contributed by atoms with Gasteiger partial charge >= 0.3 is 5.97 Å². The zero-order valence-electron chi connectivity index (χ0n) is 10.3. The SMILES string of the molecule is COC(=O)[C@@H](NC(=O)c1cc(C)on1)C(C)C. The molecule has 0 aliphatic rings. The molecule has 17 heavy (non-hydrogen) atoms. The summed E-state index contributed by atoms with van der Waals surface area (Å²) < 4.78 is 9.41. The molecule has 0 saturated heterocycles. The van der Waals surface area contributed by atoms with Gasteiger partial charge in [0.2, 0.25) is 0 Å². The van der Waals surface area contributed by atoms with Gasteiger partial charge in [-0.3, -0.25) is 4.79 Å². The van der Waals surface area contributed by atoms with Gasteiger partial charge in [0.15, 0.2) is 5.69 Å². The van der Waals surface area contributed by atoms with Crippen molar-refractivity contribution in [2.24, 2.45) is 5.92 Å². The summed E-state index contributed by atoms with van der Waals surface area (Å²) in [4.78, 5) is 23.2. The number of ether oxygens (including phenoxy) is 1. The van der Waals surface area contributed by atoms with Crippen LogP contribution in [0.4, 0.5) is 0 Å². The largest absolute Gasteiger partial charge is 0.467 e. The van der Waals surface area contributed by atoms with E-state index in [-0.39, 0.29) is 11.6 Å².